The van der Waals surface area contributed by atoms with Crippen LogP contribution < -0.4 is 15.8 Å². The van der Waals surface area contributed by atoms with Gasteiger partial charge >= 0.3 is 0 Å². The van der Waals surface area contributed by atoms with E-state index in [1.54, 1.807) is 12.3 Å². The van der Waals surface area contributed by atoms with E-state index < -0.39 is 5.91 Å². The number of ether oxygens (including phenoxy) is 2. The molecule has 0 unspecified atom stereocenters. The third-order valence-electron chi connectivity index (χ3n) is 5.54. The molecule has 2 aromatic heterocycles. The maximum absolute atomic E-state index is 13.3. The van der Waals surface area contributed by atoms with Crippen molar-refractivity contribution in [2.45, 2.75) is 25.9 Å². The SMILES string of the molecule is Cc1cccn2c(=O)c(/C=C(\C#N)C(=O)NC[C@@H]3CCCO3)c(N3CCOCC3)nc12. The largest absolute Gasteiger partial charge is 0.378 e. The molecule has 4 rings (SSSR count). The van der Waals surface area contributed by atoms with E-state index in [2.05, 4.69) is 5.32 Å². The predicted molar refractivity (Wildman–Crippen MR) is 115 cm³/mol. The first kappa shape index (κ1) is 21.0. The summed E-state index contributed by atoms with van der Waals surface area (Å²) in [6.07, 6.45) is 4.79. The lowest BCUT2D eigenvalue weighted by Crippen LogP contribution is -2.39. The van der Waals surface area contributed by atoms with Gasteiger partial charge in [-0.2, -0.15) is 5.26 Å². The lowest BCUT2D eigenvalue weighted by molar-refractivity contribution is -0.117. The number of aryl methyl sites for hydroxylation is 1. The molecular formula is C22H25N5O4. The van der Waals surface area contributed by atoms with Gasteiger partial charge in [-0.15, -0.1) is 0 Å². The molecule has 0 aromatic carbocycles. The summed E-state index contributed by atoms with van der Waals surface area (Å²) in [5, 5.41) is 12.4. The molecule has 2 aliphatic heterocycles. The van der Waals surface area contributed by atoms with Gasteiger partial charge in [-0.1, -0.05) is 6.07 Å². The molecule has 4 heterocycles. The normalized spacial score (nSPS) is 19.4. The molecule has 0 aliphatic carbocycles. The molecule has 9 heteroatoms. The van der Waals surface area contributed by atoms with Crippen LogP contribution in [0.1, 0.15) is 24.0 Å². The standard InChI is InChI=1S/C22H25N5O4/c1-15-4-2-6-27-19(15)25-20(26-7-10-30-11-8-26)18(22(27)29)12-16(13-23)21(28)24-14-17-5-3-9-31-17/h2,4,6,12,17H,3,5,7-11,14H2,1H3,(H,24,28)/b16-12+/t17-/m0/s1. The molecule has 0 bridgehead atoms. The first-order chi connectivity index (χ1) is 15.1. The highest BCUT2D eigenvalue weighted by atomic mass is 16.5. The first-order valence-corrected chi connectivity index (χ1v) is 10.4. The van der Waals surface area contributed by atoms with Crippen molar-refractivity contribution >= 4 is 23.4 Å². The number of anilines is 1. The van der Waals surface area contributed by atoms with Crippen LogP contribution >= 0.6 is 0 Å². The Labute approximate surface area is 179 Å². The van der Waals surface area contributed by atoms with Gasteiger partial charge in [-0.25, -0.2) is 4.98 Å². The summed E-state index contributed by atoms with van der Waals surface area (Å²) in [6, 6.07) is 5.59. The fourth-order valence-corrected chi connectivity index (χ4v) is 3.84. The highest BCUT2D eigenvalue weighted by Crippen LogP contribution is 2.21. The van der Waals surface area contributed by atoms with Gasteiger partial charge in [0.2, 0.25) is 0 Å². The second-order valence-corrected chi connectivity index (χ2v) is 7.65. The molecule has 0 radical (unpaired) electrons. The Hall–Kier alpha value is -3.22. The van der Waals surface area contributed by atoms with Crippen LogP contribution in [-0.4, -0.2) is 60.9 Å². The number of morpholine rings is 1. The summed E-state index contributed by atoms with van der Waals surface area (Å²) in [5.41, 5.74) is 1.16. The van der Waals surface area contributed by atoms with Gasteiger partial charge in [0.1, 0.15) is 23.1 Å². The van der Waals surface area contributed by atoms with Gasteiger partial charge in [-0.05, 0) is 37.5 Å². The van der Waals surface area contributed by atoms with E-state index in [0.717, 1.165) is 18.4 Å². The third-order valence-corrected chi connectivity index (χ3v) is 5.54. The van der Waals surface area contributed by atoms with Crippen molar-refractivity contribution in [3.8, 4) is 6.07 Å². The molecule has 1 N–H and O–H groups in total. The van der Waals surface area contributed by atoms with Gasteiger partial charge in [-0.3, -0.25) is 14.0 Å². The fraction of sp³-hybridized carbons (Fsp3) is 0.455. The number of pyridine rings is 1. The summed E-state index contributed by atoms with van der Waals surface area (Å²) in [6.45, 7) is 5.09. The van der Waals surface area contributed by atoms with E-state index in [1.807, 2.05) is 24.0 Å². The molecule has 0 spiro atoms. The topological polar surface area (TPSA) is 109 Å². The number of nitriles is 1. The monoisotopic (exact) mass is 423 g/mol. The number of aromatic nitrogens is 2. The third kappa shape index (κ3) is 4.45. The summed E-state index contributed by atoms with van der Waals surface area (Å²) in [7, 11) is 0. The predicted octanol–water partition coefficient (Wildman–Crippen LogP) is 1.04. The minimum absolute atomic E-state index is 0.0382. The number of hydrogen-bond acceptors (Lipinski definition) is 7. The van der Waals surface area contributed by atoms with E-state index >= 15 is 0 Å². The lowest BCUT2D eigenvalue weighted by atomic mass is 10.1. The summed E-state index contributed by atoms with van der Waals surface area (Å²) in [5.74, 6) is -0.0676. The first-order valence-electron chi connectivity index (χ1n) is 10.4. The number of carbonyl (C=O) groups is 1. The summed E-state index contributed by atoms with van der Waals surface area (Å²) >= 11 is 0. The van der Waals surface area contributed by atoms with Crippen LogP contribution in [0.5, 0.6) is 0 Å². The minimum atomic E-state index is -0.528. The van der Waals surface area contributed by atoms with Crippen LogP contribution in [0, 0.1) is 18.3 Å². The number of carbonyl (C=O) groups excluding carboxylic acids is 1. The van der Waals surface area contributed by atoms with Crippen LogP contribution in [-0.2, 0) is 14.3 Å². The van der Waals surface area contributed by atoms with Crippen LogP contribution in [0.15, 0.2) is 28.7 Å². The second kappa shape index (κ2) is 9.29. The Balaban J connectivity index is 1.74. The quantitative estimate of drug-likeness (QED) is 0.565. The van der Waals surface area contributed by atoms with E-state index in [0.29, 0.717) is 50.9 Å². The van der Waals surface area contributed by atoms with E-state index in [4.69, 9.17) is 14.5 Å². The van der Waals surface area contributed by atoms with Crippen molar-refractivity contribution in [1.29, 1.82) is 5.26 Å². The maximum Gasteiger partial charge on any atom is 0.267 e. The average Bonchev–Trinajstić information content (AvgIpc) is 3.31. The molecule has 0 saturated carbocycles. The zero-order chi connectivity index (χ0) is 21.8. The fourth-order valence-electron chi connectivity index (χ4n) is 3.84. The Morgan fingerprint density at radius 1 is 1.39 bits per heavy atom. The van der Waals surface area contributed by atoms with Gasteiger partial charge in [0, 0.05) is 32.4 Å². The van der Waals surface area contributed by atoms with Crippen molar-refractivity contribution in [3.05, 3.63) is 45.4 Å². The maximum atomic E-state index is 13.3. The van der Waals surface area contributed by atoms with E-state index in [-0.39, 0.29) is 22.8 Å². The van der Waals surface area contributed by atoms with Gasteiger partial charge in [0.15, 0.2) is 0 Å². The van der Waals surface area contributed by atoms with Gasteiger partial charge in [0.05, 0.1) is 24.9 Å². The molecule has 9 nitrogen and oxygen atoms in total. The van der Waals surface area contributed by atoms with Crippen LogP contribution in [0.4, 0.5) is 5.82 Å². The highest BCUT2D eigenvalue weighted by Gasteiger charge is 2.22. The van der Waals surface area contributed by atoms with Crippen LogP contribution in [0.3, 0.4) is 0 Å². The molecule has 2 aromatic rings. The summed E-state index contributed by atoms with van der Waals surface area (Å²) in [4.78, 5) is 32.7. The number of hydrogen-bond donors (Lipinski definition) is 1. The minimum Gasteiger partial charge on any atom is -0.378 e. The van der Waals surface area contributed by atoms with E-state index in [1.165, 1.54) is 10.5 Å². The highest BCUT2D eigenvalue weighted by molar-refractivity contribution is 6.02. The Bertz CT molecular complexity index is 1110. The van der Waals surface area contributed by atoms with Gasteiger partial charge < -0.3 is 19.7 Å². The number of fused-ring (bicyclic) bond motifs is 1. The van der Waals surface area contributed by atoms with Gasteiger partial charge in [0.25, 0.3) is 11.5 Å². The second-order valence-electron chi connectivity index (χ2n) is 7.65. The molecule has 31 heavy (non-hydrogen) atoms. The van der Waals surface area contributed by atoms with Crippen molar-refractivity contribution in [1.82, 2.24) is 14.7 Å². The van der Waals surface area contributed by atoms with E-state index in [9.17, 15) is 14.9 Å². The average molecular weight is 423 g/mol. The lowest BCUT2D eigenvalue weighted by Gasteiger charge is -2.29. The van der Waals surface area contributed by atoms with Crippen molar-refractivity contribution < 1.29 is 14.3 Å². The molecule has 2 fully saturated rings. The summed E-state index contributed by atoms with van der Waals surface area (Å²) < 4.78 is 12.4. The van der Waals surface area contributed by atoms with Crippen molar-refractivity contribution in [2.75, 3.05) is 44.4 Å². The molecular weight excluding hydrogens is 398 g/mol. The van der Waals surface area contributed by atoms with Crippen molar-refractivity contribution in [3.63, 3.8) is 0 Å². The molecule has 2 saturated heterocycles. The number of nitrogens with zero attached hydrogens (tertiary/aromatic N) is 4. The molecule has 1 atom stereocenters. The Kier molecular flexibility index (Phi) is 6.30. The van der Waals surface area contributed by atoms with Crippen LogP contribution in [0.2, 0.25) is 0 Å². The Morgan fingerprint density at radius 3 is 2.90 bits per heavy atom. The van der Waals surface area contributed by atoms with Crippen LogP contribution in [0.25, 0.3) is 11.7 Å². The molecule has 162 valence electrons. The number of rotatable bonds is 5. The number of nitrogens with one attached hydrogen (secondary N) is 1. The molecule has 2 aliphatic rings. The zero-order valence-electron chi connectivity index (χ0n) is 17.5. The number of amides is 1. The Morgan fingerprint density at radius 2 is 2.19 bits per heavy atom. The molecule has 1 amide bonds. The van der Waals surface area contributed by atoms with Crippen molar-refractivity contribution in [2.24, 2.45) is 0 Å². The smallest absolute Gasteiger partial charge is 0.267 e. The zero-order valence-corrected chi connectivity index (χ0v) is 17.5.